The molecule has 0 radical (unpaired) electrons. The Morgan fingerprint density at radius 2 is 1.84 bits per heavy atom. The van der Waals surface area contributed by atoms with Crippen molar-refractivity contribution in [1.29, 1.82) is 0 Å². The van der Waals surface area contributed by atoms with Gasteiger partial charge < -0.3 is 15.0 Å². The number of carbonyl (C=O) groups is 2. The molecule has 0 spiro atoms. The van der Waals surface area contributed by atoms with Crippen LogP contribution in [0, 0.1) is 0 Å². The fourth-order valence-corrected chi connectivity index (χ4v) is 6.19. The molecule has 0 saturated carbocycles. The SMILES string of the molecule is COCCCNC(=O)CN1CCN(CC(=O)N2CCc3sccc3C2c2cccs2)CC1. The molecule has 2 amide bonds. The zero-order valence-electron chi connectivity index (χ0n) is 18.6. The molecular weight excluding hydrogens is 444 g/mol. The number of hydrogen-bond donors (Lipinski definition) is 1. The Bertz CT molecular complexity index is 878. The predicted octanol–water partition coefficient (Wildman–Crippen LogP) is 2.05. The first-order valence-corrected chi connectivity index (χ1v) is 13.0. The topological polar surface area (TPSA) is 65.1 Å². The molecule has 1 N–H and O–H groups in total. The van der Waals surface area contributed by atoms with E-state index in [1.54, 1.807) is 29.8 Å². The highest BCUT2D eigenvalue weighted by Gasteiger charge is 2.34. The third kappa shape index (κ3) is 5.77. The molecular formula is C23H32N4O3S2. The van der Waals surface area contributed by atoms with Crippen molar-refractivity contribution < 1.29 is 14.3 Å². The number of hydrogen-bond acceptors (Lipinski definition) is 7. The molecule has 2 aliphatic rings. The van der Waals surface area contributed by atoms with Crippen LogP contribution in [-0.2, 0) is 20.7 Å². The molecule has 0 bridgehead atoms. The van der Waals surface area contributed by atoms with Crippen LogP contribution in [0.1, 0.15) is 27.8 Å². The molecule has 1 saturated heterocycles. The van der Waals surface area contributed by atoms with Crippen molar-refractivity contribution in [2.45, 2.75) is 18.9 Å². The van der Waals surface area contributed by atoms with Crippen LogP contribution in [-0.4, -0.2) is 92.6 Å². The highest BCUT2D eigenvalue weighted by atomic mass is 32.1. The fourth-order valence-electron chi connectivity index (χ4n) is 4.43. The van der Waals surface area contributed by atoms with Crippen LogP contribution in [0.4, 0.5) is 0 Å². The van der Waals surface area contributed by atoms with E-state index in [0.29, 0.717) is 26.2 Å². The van der Waals surface area contributed by atoms with E-state index in [2.05, 4.69) is 49.0 Å². The Kier molecular flexibility index (Phi) is 8.31. The van der Waals surface area contributed by atoms with Gasteiger partial charge in [-0.25, -0.2) is 0 Å². The molecule has 0 aliphatic carbocycles. The average molecular weight is 477 g/mol. The van der Waals surface area contributed by atoms with Gasteiger partial charge in [0, 0.05) is 62.7 Å². The molecule has 2 aromatic rings. The number of ether oxygens (including phenoxy) is 1. The molecule has 2 aliphatic heterocycles. The van der Waals surface area contributed by atoms with Crippen LogP contribution >= 0.6 is 22.7 Å². The van der Waals surface area contributed by atoms with Gasteiger partial charge in [0.1, 0.15) is 0 Å². The van der Waals surface area contributed by atoms with E-state index in [1.807, 2.05) is 0 Å². The maximum atomic E-state index is 13.3. The van der Waals surface area contributed by atoms with E-state index in [-0.39, 0.29) is 17.9 Å². The number of piperazine rings is 1. The van der Waals surface area contributed by atoms with Gasteiger partial charge in [-0.1, -0.05) is 6.07 Å². The highest BCUT2D eigenvalue weighted by molar-refractivity contribution is 7.10. The lowest BCUT2D eigenvalue weighted by atomic mass is 9.98. The zero-order valence-corrected chi connectivity index (χ0v) is 20.3. The van der Waals surface area contributed by atoms with Crippen molar-refractivity contribution in [3.05, 3.63) is 44.3 Å². The summed E-state index contributed by atoms with van der Waals surface area (Å²) in [6.07, 6.45) is 1.77. The minimum absolute atomic E-state index is 0.0422. The number of amides is 2. The second-order valence-electron chi connectivity index (χ2n) is 8.30. The molecule has 1 unspecified atom stereocenters. The Hall–Kier alpha value is -1.78. The van der Waals surface area contributed by atoms with Gasteiger partial charge in [0.25, 0.3) is 0 Å². The van der Waals surface area contributed by atoms with E-state index in [4.69, 9.17) is 4.74 Å². The molecule has 1 fully saturated rings. The van der Waals surface area contributed by atoms with Gasteiger partial charge in [0.05, 0.1) is 19.1 Å². The van der Waals surface area contributed by atoms with Crippen LogP contribution in [0.2, 0.25) is 0 Å². The van der Waals surface area contributed by atoms with E-state index >= 15 is 0 Å². The summed E-state index contributed by atoms with van der Waals surface area (Å²) < 4.78 is 5.00. The smallest absolute Gasteiger partial charge is 0.237 e. The highest BCUT2D eigenvalue weighted by Crippen LogP contribution is 2.39. The number of methoxy groups -OCH3 is 1. The quantitative estimate of drug-likeness (QED) is 0.562. The van der Waals surface area contributed by atoms with Gasteiger partial charge in [0.15, 0.2) is 0 Å². The average Bonchev–Trinajstić information content (AvgIpc) is 3.49. The zero-order chi connectivity index (χ0) is 22.3. The number of nitrogens with zero attached hydrogens (tertiary/aromatic N) is 3. The first kappa shape index (κ1) is 23.4. The number of carbonyl (C=O) groups excluding carboxylic acids is 2. The Morgan fingerprint density at radius 1 is 1.06 bits per heavy atom. The Balaban J connectivity index is 1.27. The van der Waals surface area contributed by atoms with E-state index in [1.165, 1.54) is 15.3 Å². The molecule has 32 heavy (non-hydrogen) atoms. The van der Waals surface area contributed by atoms with Crippen molar-refractivity contribution in [3.8, 4) is 0 Å². The van der Waals surface area contributed by atoms with Gasteiger partial charge >= 0.3 is 0 Å². The summed E-state index contributed by atoms with van der Waals surface area (Å²) in [7, 11) is 1.67. The van der Waals surface area contributed by atoms with Crippen molar-refractivity contribution in [2.75, 3.05) is 66.1 Å². The summed E-state index contributed by atoms with van der Waals surface area (Å²) in [5.41, 5.74) is 1.29. The van der Waals surface area contributed by atoms with Crippen LogP contribution in [0.5, 0.6) is 0 Å². The molecule has 1 atom stereocenters. The molecule has 0 aromatic carbocycles. The monoisotopic (exact) mass is 476 g/mol. The molecule has 4 heterocycles. The number of thiophene rings is 2. The van der Waals surface area contributed by atoms with Crippen molar-refractivity contribution >= 4 is 34.5 Å². The number of nitrogens with one attached hydrogen (secondary N) is 1. The van der Waals surface area contributed by atoms with Crippen LogP contribution < -0.4 is 5.32 Å². The third-order valence-electron chi connectivity index (χ3n) is 6.14. The predicted molar refractivity (Wildman–Crippen MR) is 128 cm³/mol. The van der Waals surface area contributed by atoms with E-state index < -0.39 is 0 Å². The Labute approximate surface area is 197 Å². The van der Waals surface area contributed by atoms with Gasteiger partial charge in [-0.2, -0.15) is 0 Å². The maximum absolute atomic E-state index is 13.3. The van der Waals surface area contributed by atoms with Gasteiger partial charge in [-0.05, 0) is 41.3 Å². The number of rotatable bonds is 9. The van der Waals surface area contributed by atoms with Crippen molar-refractivity contribution in [2.24, 2.45) is 0 Å². The minimum atomic E-state index is 0.0422. The molecule has 2 aromatic heterocycles. The van der Waals surface area contributed by atoms with Crippen LogP contribution in [0.15, 0.2) is 29.0 Å². The molecule has 7 nitrogen and oxygen atoms in total. The Morgan fingerprint density at radius 3 is 2.56 bits per heavy atom. The first-order chi connectivity index (χ1) is 15.7. The summed E-state index contributed by atoms with van der Waals surface area (Å²) in [6.45, 7) is 6.18. The molecule has 174 valence electrons. The summed E-state index contributed by atoms with van der Waals surface area (Å²) in [5, 5.41) is 7.18. The summed E-state index contributed by atoms with van der Waals surface area (Å²) in [5.74, 6) is 0.258. The summed E-state index contributed by atoms with van der Waals surface area (Å²) in [4.78, 5) is 34.5. The van der Waals surface area contributed by atoms with Crippen molar-refractivity contribution in [1.82, 2.24) is 20.0 Å². The molecule has 9 heteroatoms. The first-order valence-electron chi connectivity index (χ1n) is 11.2. The van der Waals surface area contributed by atoms with Gasteiger partial charge in [-0.3, -0.25) is 19.4 Å². The largest absolute Gasteiger partial charge is 0.385 e. The maximum Gasteiger partial charge on any atom is 0.237 e. The van der Waals surface area contributed by atoms with Crippen LogP contribution in [0.3, 0.4) is 0 Å². The third-order valence-corrected chi connectivity index (χ3v) is 8.06. The summed E-state index contributed by atoms with van der Waals surface area (Å²) >= 11 is 3.52. The lowest BCUT2D eigenvalue weighted by Gasteiger charge is -2.38. The number of fused-ring (bicyclic) bond motifs is 1. The van der Waals surface area contributed by atoms with E-state index in [9.17, 15) is 9.59 Å². The second-order valence-corrected chi connectivity index (χ2v) is 10.3. The molecule has 4 rings (SSSR count). The van der Waals surface area contributed by atoms with Crippen molar-refractivity contribution in [3.63, 3.8) is 0 Å². The van der Waals surface area contributed by atoms with Crippen LogP contribution in [0.25, 0.3) is 0 Å². The van der Waals surface area contributed by atoms with Gasteiger partial charge in [-0.15, -0.1) is 22.7 Å². The minimum Gasteiger partial charge on any atom is -0.385 e. The van der Waals surface area contributed by atoms with E-state index in [0.717, 1.165) is 45.6 Å². The lowest BCUT2D eigenvalue weighted by molar-refractivity contribution is -0.135. The fraction of sp³-hybridized carbons (Fsp3) is 0.565. The normalized spacial score (nSPS) is 19.7. The standard InChI is InChI=1S/C23H32N4O3S2/c1-30-13-3-7-24-21(28)16-25-9-11-26(12-10-25)17-22(29)27-8-5-19-18(6-15-32-19)23(27)20-4-2-14-31-20/h2,4,6,14-15,23H,3,5,7-13,16-17H2,1H3,(H,24,28). The summed E-state index contributed by atoms with van der Waals surface area (Å²) in [6, 6.07) is 6.43. The van der Waals surface area contributed by atoms with Gasteiger partial charge in [0.2, 0.25) is 11.8 Å². The lowest BCUT2D eigenvalue weighted by Crippen LogP contribution is -2.52. The second kappa shape index (κ2) is 11.4.